The first-order valence-electron chi connectivity index (χ1n) is 9.20. The number of morpholine rings is 1. The van der Waals surface area contributed by atoms with Crippen LogP contribution in [0.4, 0.5) is 0 Å². The summed E-state index contributed by atoms with van der Waals surface area (Å²) in [6.07, 6.45) is 5.89. The lowest BCUT2D eigenvalue weighted by Crippen LogP contribution is -2.52. The van der Waals surface area contributed by atoms with Crippen molar-refractivity contribution >= 4 is 0 Å². The Bertz CT molecular complexity index is 368. The molecule has 0 aromatic rings. The molecule has 1 saturated carbocycles. The van der Waals surface area contributed by atoms with Gasteiger partial charge in [-0.15, -0.1) is 0 Å². The first kappa shape index (κ1) is 16.7. The van der Waals surface area contributed by atoms with Gasteiger partial charge in [0.25, 0.3) is 0 Å². The Morgan fingerprint density at radius 3 is 2.41 bits per heavy atom. The highest BCUT2D eigenvalue weighted by atomic mass is 16.5. The fourth-order valence-corrected chi connectivity index (χ4v) is 5.01. The molecule has 128 valence electrons. The van der Waals surface area contributed by atoms with Crippen LogP contribution in [0.1, 0.15) is 46.0 Å². The zero-order chi connectivity index (χ0) is 15.6. The van der Waals surface area contributed by atoms with Gasteiger partial charge in [0, 0.05) is 38.1 Å². The number of rotatable bonds is 4. The van der Waals surface area contributed by atoms with Crippen molar-refractivity contribution in [2.24, 2.45) is 10.8 Å². The summed E-state index contributed by atoms with van der Waals surface area (Å²) in [7, 11) is 0. The number of nitrogens with zero attached hydrogens (tertiary/aromatic N) is 2. The molecule has 2 saturated heterocycles. The number of aliphatic hydroxyl groups is 1. The molecule has 1 spiro atoms. The second-order valence-corrected chi connectivity index (χ2v) is 8.64. The molecule has 0 bridgehead atoms. The minimum atomic E-state index is -0.0577. The maximum absolute atomic E-state index is 10.4. The van der Waals surface area contributed by atoms with Gasteiger partial charge in [0.1, 0.15) is 0 Å². The van der Waals surface area contributed by atoms with E-state index in [2.05, 4.69) is 23.6 Å². The summed E-state index contributed by atoms with van der Waals surface area (Å²) in [5.74, 6) is 0. The van der Waals surface area contributed by atoms with Gasteiger partial charge in [-0.25, -0.2) is 0 Å². The topological polar surface area (TPSA) is 35.9 Å². The molecular formula is C18H34N2O2. The van der Waals surface area contributed by atoms with Crippen LogP contribution in [-0.4, -0.2) is 73.5 Å². The summed E-state index contributed by atoms with van der Waals surface area (Å²) in [5, 5.41) is 10.4. The van der Waals surface area contributed by atoms with Gasteiger partial charge in [0.15, 0.2) is 0 Å². The van der Waals surface area contributed by atoms with E-state index in [1.807, 2.05) is 0 Å². The number of piperidine rings is 1. The van der Waals surface area contributed by atoms with Crippen LogP contribution in [0, 0.1) is 10.8 Å². The molecule has 22 heavy (non-hydrogen) atoms. The zero-order valence-electron chi connectivity index (χ0n) is 14.5. The number of aliphatic hydroxyl groups excluding tert-OH is 1. The third kappa shape index (κ3) is 3.84. The molecule has 4 heteroatoms. The van der Waals surface area contributed by atoms with Gasteiger partial charge in [0.2, 0.25) is 0 Å². The fourth-order valence-electron chi connectivity index (χ4n) is 5.01. The smallest absolute Gasteiger partial charge is 0.0608 e. The summed E-state index contributed by atoms with van der Waals surface area (Å²) >= 11 is 0. The second-order valence-electron chi connectivity index (χ2n) is 8.64. The van der Waals surface area contributed by atoms with Gasteiger partial charge in [-0.2, -0.15) is 0 Å². The molecule has 4 nitrogen and oxygen atoms in total. The van der Waals surface area contributed by atoms with Crippen LogP contribution < -0.4 is 0 Å². The molecule has 2 heterocycles. The van der Waals surface area contributed by atoms with E-state index in [9.17, 15) is 5.11 Å². The minimum Gasteiger partial charge on any atom is -0.393 e. The average molecular weight is 310 g/mol. The van der Waals surface area contributed by atoms with Crippen LogP contribution in [0.3, 0.4) is 0 Å². The Kier molecular flexibility index (Phi) is 5.13. The van der Waals surface area contributed by atoms with E-state index in [4.69, 9.17) is 4.74 Å². The largest absolute Gasteiger partial charge is 0.393 e. The highest BCUT2D eigenvalue weighted by molar-refractivity contribution is 4.97. The predicted molar refractivity (Wildman–Crippen MR) is 89.0 cm³/mol. The molecule has 0 aromatic heterocycles. The van der Waals surface area contributed by atoms with E-state index in [0.717, 1.165) is 52.4 Å². The number of likely N-dealkylation sites (tertiary alicyclic amines) is 1. The lowest BCUT2D eigenvalue weighted by Gasteiger charge is -2.46. The molecule has 3 fully saturated rings. The van der Waals surface area contributed by atoms with E-state index in [-0.39, 0.29) is 11.5 Å². The van der Waals surface area contributed by atoms with Crippen LogP contribution in [0.25, 0.3) is 0 Å². The Morgan fingerprint density at radius 1 is 1.05 bits per heavy atom. The first-order valence-corrected chi connectivity index (χ1v) is 9.20. The quantitative estimate of drug-likeness (QED) is 0.861. The lowest BCUT2D eigenvalue weighted by atomic mass is 9.76. The maximum Gasteiger partial charge on any atom is 0.0608 e. The van der Waals surface area contributed by atoms with Crippen LogP contribution in [0.15, 0.2) is 0 Å². The van der Waals surface area contributed by atoms with Crippen LogP contribution in [-0.2, 0) is 4.74 Å². The molecule has 2 aliphatic heterocycles. The highest BCUT2D eigenvalue weighted by Crippen LogP contribution is 2.45. The Labute approximate surface area is 135 Å². The molecule has 0 radical (unpaired) electrons. The van der Waals surface area contributed by atoms with E-state index >= 15 is 0 Å². The summed E-state index contributed by atoms with van der Waals surface area (Å²) in [5.41, 5.74) is 0.521. The zero-order valence-corrected chi connectivity index (χ0v) is 14.5. The summed E-state index contributed by atoms with van der Waals surface area (Å²) < 4.78 is 5.46. The van der Waals surface area contributed by atoms with Crippen molar-refractivity contribution in [2.75, 3.05) is 52.5 Å². The fraction of sp³-hybridized carbons (Fsp3) is 1.00. The van der Waals surface area contributed by atoms with E-state index in [0.29, 0.717) is 5.41 Å². The third-order valence-corrected chi connectivity index (χ3v) is 5.95. The minimum absolute atomic E-state index is 0.0577. The normalized spacial score (nSPS) is 35.3. The van der Waals surface area contributed by atoms with Crippen LogP contribution in [0.2, 0.25) is 0 Å². The van der Waals surface area contributed by atoms with Crippen LogP contribution >= 0.6 is 0 Å². The third-order valence-electron chi connectivity index (χ3n) is 5.95. The van der Waals surface area contributed by atoms with Gasteiger partial charge >= 0.3 is 0 Å². The average Bonchev–Trinajstić information content (AvgIpc) is 2.79. The summed E-state index contributed by atoms with van der Waals surface area (Å²) in [6, 6.07) is 0. The van der Waals surface area contributed by atoms with Crippen LogP contribution in [0.5, 0.6) is 0 Å². The molecule has 3 aliphatic rings. The van der Waals surface area contributed by atoms with Gasteiger partial charge in [0.05, 0.1) is 19.3 Å². The monoisotopic (exact) mass is 310 g/mol. The number of hydrogen-bond donors (Lipinski definition) is 1. The number of hydrogen-bond acceptors (Lipinski definition) is 4. The van der Waals surface area contributed by atoms with Gasteiger partial charge < -0.3 is 14.7 Å². The van der Waals surface area contributed by atoms with Crippen molar-refractivity contribution in [3.05, 3.63) is 0 Å². The molecule has 3 rings (SSSR count). The molecule has 1 aliphatic carbocycles. The van der Waals surface area contributed by atoms with Gasteiger partial charge in [-0.3, -0.25) is 4.90 Å². The standard InChI is InChI=1S/C18H34N2O2/c1-17(2,13-19-9-11-22-12-10-19)14-20-8-4-7-18(15-20)6-3-5-16(18)21/h16,21H,3-15H2,1-2H3/t16-,18-/m1/s1. The van der Waals surface area contributed by atoms with E-state index in [1.165, 1.54) is 32.2 Å². The van der Waals surface area contributed by atoms with Crippen molar-refractivity contribution in [1.29, 1.82) is 0 Å². The van der Waals surface area contributed by atoms with Gasteiger partial charge in [-0.1, -0.05) is 20.3 Å². The molecule has 0 aromatic carbocycles. The van der Waals surface area contributed by atoms with Crippen molar-refractivity contribution in [2.45, 2.75) is 52.1 Å². The van der Waals surface area contributed by atoms with Crippen molar-refractivity contribution in [1.82, 2.24) is 9.80 Å². The second kappa shape index (κ2) is 6.76. The molecule has 0 amide bonds. The predicted octanol–water partition coefficient (Wildman–Crippen LogP) is 1.97. The highest BCUT2D eigenvalue weighted by Gasteiger charge is 2.45. The Morgan fingerprint density at radius 2 is 1.73 bits per heavy atom. The Balaban J connectivity index is 1.54. The van der Waals surface area contributed by atoms with Crippen molar-refractivity contribution in [3.8, 4) is 0 Å². The summed E-state index contributed by atoms with van der Waals surface area (Å²) in [6.45, 7) is 13.3. The van der Waals surface area contributed by atoms with Crippen molar-refractivity contribution < 1.29 is 9.84 Å². The first-order chi connectivity index (χ1) is 10.5. The van der Waals surface area contributed by atoms with E-state index < -0.39 is 0 Å². The maximum atomic E-state index is 10.4. The number of ether oxygens (including phenoxy) is 1. The van der Waals surface area contributed by atoms with E-state index in [1.54, 1.807) is 0 Å². The Hall–Kier alpha value is -0.160. The molecule has 2 atom stereocenters. The molecular weight excluding hydrogens is 276 g/mol. The summed E-state index contributed by atoms with van der Waals surface area (Å²) in [4.78, 5) is 5.19. The SMILES string of the molecule is CC(C)(CN1CCOCC1)CN1CCC[C@]2(CCC[C@H]2O)C1. The van der Waals surface area contributed by atoms with Crippen molar-refractivity contribution in [3.63, 3.8) is 0 Å². The molecule has 1 N–H and O–H groups in total. The van der Waals surface area contributed by atoms with Gasteiger partial charge in [-0.05, 0) is 37.6 Å². The lowest BCUT2D eigenvalue weighted by molar-refractivity contribution is -0.0275. The molecule has 0 unspecified atom stereocenters.